The summed E-state index contributed by atoms with van der Waals surface area (Å²) in [6.45, 7) is 12.9. The first-order valence-corrected chi connectivity index (χ1v) is 12.4. The Kier molecular flexibility index (Phi) is 6.23. The predicted molar refractivity (Wildman–Crippen MR) is 149 cm³/mol. The van der Waals surface area contributed by atoms with Crippen LogP contribution in [-0.4, -0.2) is 19.9 Å². The van der Waals surface area contributed by atoms with Crippen molar-refractivity contribution in [3.63, 3.8) is 0 Å². The Morgan fingerprint density at radius 1 is 0.639 bits per heavy atom. The maximum atomic E-state index is 6.53. The Balaban J connectivity index is 1.83. The number of aryl methyl sites for hydroxylation is 6. The minimum atomic E-state index is 0.555. The van der Waals surface area contributed by atoms with E-state index >= 15 is 0 Å². The van der Waals surface area contributed by atoms with Crippen molar-refractivity contribution in [2.75, 3.05) is 0 Å². The van der Waals surface area contributed by atoms with Gasteiger partial charge in [-0.2, -0.15) is 0 Å². The number of nitrogens with zero attached hydrogens (tertiary/aromatic N) is 3. The normalized spacial score (nSPS) is 11.2. The molecule has 5 heteroatoms. The van der Waals surface area contributed by atoms with Crippen molar-refractivity contribution in [1.82, 2.24) is 19.9 Å². The van der Waals surface area contributed by atoms with Crippen LogP contribution >= 0.6 is 11.6 Å². The van der Waals surface area contributed by atoms with Crippen LogP contribution in [0.15, 0.2) is 60.9 Å². The zero-order valence-electron chi connectivity index (χ0n) is 21.5. The SMILES string of the molecule is Cc1cc(C)c(-c2nc(-c3cccnc3-c3ncccc3Cl)[nH]c2-c2c(C)cc(C)cc2C)c(C)c1. The molecule has 5 rings (SSSR count). The molecule has 0 bridgehead atoms. The molecule has 4 nitrogen and oxygen atoms in total. The van der Waals surface area contributed by atoms with Crippen LogP contribution in [0.2, 0.25) is 5.02 Å². The molecule has 0 radical (unpaired) electrons. The van der Waals surface area contributed by atoms with Gasteiger partial charge >= 0.3 is 0 Å². The highest BCUT2D eigenvalue weighted by atomic mass is 35.5. The monoisotopic (exact) mass is 492 g/mol. The van der Waals surface area contributed by atoms with E-state index in [9.17, 15) is 0 Å². The van der Waals surface area contributed by atoms with E-state index in [1.54, 1.807) is 12.4 Å². The molecule has 0 fully saturated rings. The van der Waals surface area contributed by atoms with Gasteiger partial charge < -0.3 is 4.98 Å². The Morgan fingerprint density at radius 3 is 1.75 bits per heavy atom. The predicted octanol–water partition coefficient (Wildman–Crippen LogP) is 8.37. The summed E-state index contributed by atoms with van der Waals surface area (Å²) in [4.78, 5) is 18.1. The first-order chi connectivity index (χ1) is 17.2. The Bertz CT molecular complexity index is 1490. The van der Waals surface area contributed by atoms with Crippen LogP contribution in [-0.2, 0) is 0 Å². The number of aromatic amines is 1. The molecular weight excluding hydrogens is 464 g/mol. The maximum Gasteiger partial charge on any atom is 0.140 e. The van der Waals surface area contributed by atoms with Crippen molar-refractivity contribution in [2.45, 2.75) is 41.5 Å². The van der Waals surface area contributed by atoms with Crippen LogP contribution in [0.4, 0.5) is 0 Å². The fourth-order valence-corrected chi connectivity index (χ4v) is 5.55. The van der Waals surface area contributed by atoms with Crippen LogP contribution in [0.1, 0.15) is 33.4 Å². The molecule has 36 heavy (non-hydrogen) atoms. The van der Waals surface area contributed by atoms with Gasteiger partial charge in [-0.3, -0.25) is 9.97 Å². The molecule has 0 saturated heterocycles. The molecule has 0 spiro atoms. The second kappa shape index (κ2) is 9.36. The molecule has 5 aromatic rings. The Hall–Kier alpha value is -3.76. The molecule has 0 saturated carbocycles. The Labute approximate surface area is 217 Å². The molecule has 3 heterocycles. The molecule has 0 aliphatic rings. The smallest absolute Gasteiger partial charge is 0.140 e. The highest BCUT2D eigenvalue weighted by Crippen LogP contribution is 2.41. The van der Waals surface area contributed by atoms with Gasteiger partial charge in [0.25, 0.3) is 0 Å². The van der Waals surface area contributed by atoms with E-state index in [4.69, 9.17) is 16.6 Å². The summed E-state index contributed by atoms with van der Waals surface area (Å²) in [5.74, 6) is 0.739. The lowest BCUT2D eigenvalue weighted by Gasteiger charge is -2.14. The average molecular weight is 493 g/mol. The van der Waals surface area contributed by atoms with E-state index in [1.807, 2.05) is 24.3 Å². The van der Waals surface area contributed by atoms with E-state index in [-0.39, 0.29) is 0 Å². The number of imidazole rings is 1. The number of pyridine rings is 2. The zero-order chi connectivity index (χ0) is 25.6. The molecule has 0 atom stereocenters. The number of rotatable bonds is 4. The summed E-state index contributed by atoms with van der Waals surface area (Å²) in [6, 6.07) is 16.5. The summed E-state index contributed by atoms with van der Waals surface area (Å²) in [6.07, 6.45) is 3.49. The lowest BCUT2D eigenvalue weighted by Crippen LogP contribution is -1.96. The molecule has 180 valence electrons. The largest absolute Gasteiger partial charge is 0.337 e. The summed E-state index contributed by atoms with van der Waals surface area (Å²) < 4.78 is 0. The molecular formula is C31H29ClN4. The van der Waals surface area contributed by atoms with E-state index in [0.717, 1.165) is 28.3 Å². The third-order valence-electron chi connectivity index (χ3n) is 6.59. The van der Waals surface area contributed by atoms with Gasteiger partial charge in [0, 0.05) is 29.1 Å². The third kappa shape index (κ3) is 4.22. The van der Waals surface area contributed by atoms with Gasteiger partial charge in [0.1, 0.15) is 17.2 Å². The van der Waals surface area contributed by atoms with E-state index in [1.165, 1.54) is 38.9 Å². The number of nitrogens with one attached hydrogen (secondary N) is 1. The summed E-state index contributed by atoms with van der Waals surface area (Å²) in [7, 11) is 0. The molecule has 0 amide bonds. The van der Waals surface area contributed by atoms with Crippen molar-refractivity contribution in [1.29, 1.82) is 0 Å². The molecule has 3 aromatic heterocycles. The molecule has 2 aromatic carbocycles. The zero-order valence-corrected chi connectivity index (χ0v) is 22.2. The van der Waals surface area contributed by atoms with E-state index < -0.39 is 0 Å². The van der Waals surface area contributed by atoms with Gasteiger partial charge in [0.2, 0.25) is 0 Å². The fraction of sp³-hybridized carbons (Fsp3) is 0.194. The highest BCUT2D eigenvalue weighted by Gasteiger charge is 2.23. The Morgan fingerprint density at radius 2 is 1.17 bits per heavy atom. The molecule has 0 unspecified atom stereocenters. The minimum Gasteiger partial charge on any atom is -0.337 e. The molecule has 0 aliphatic carbocycles. The number of benzene rings is 2. The van der Waals surface area contributed by atoms with Crippen LogP contribution in [0.25, 0.3) is 45.3 Å². The van der Waals surface area contributed by atoms with Crippen LogP contribution in [0.5, 0.6) is 0 Å². The van der Waals surface area contributed by atoms with Gasteiger partial charge in [0.05, 0.1) is 16.4 Å². The van der Waals surface area contributed by atoms with Gasteiger partial charge in [-0.1, -0.05) is 47.0 Å². The van der Waals surface area contributed by atoms with Gasteiger partial charge in [-0.05, 0) is 88.1 Å². The van der Waals surface area contributed by atoms with Crippen LogP contribution < -0.4 is 0 Å². The third-order valence-corrected chi connectivity index (χ3v) is 6.90. The van der Waals surface area contributed by atoms with Crippen LogP contribution in [0.3, 0.4) is 0 Å². The van der Waals surface area contributed by atoms with Crippen molar-refractivity contribution < 1.29 is 0 Å². The molecule has 0 aliphatic heterocycles. The van der Waals surface area contributed by atoms with Gasteiger partial charge in [0.15, 0.2) is 0 Å². The number of aromatic nitrogens is 4. The highest BCUT2D eigenvalue weighted by molar-refractivity contribution is 6.33. The van der Waals surface area contributed by atoms with E-state index in [0.29, 0.717) is 16.4 Å². The van der Waals surface area contributed by atoms with Crippen molar-refractivity contribution >= 4 is 11.6 Å². The van der Waals surface area contributed by atoms with Crippen molar-refractivity contribution in [2.24, 2.45) is 0 Å². The first kappa shape index (κ1) is 24.0. The van der Waals surface area contributed by atoms with Gasteiger partial charge in [-0.25, -0.2) is 4.98 Å². The topological polar surface area (TPSA) is 54.5 Å². The number of hydrogen-bond donors (Lipinski definition) is 1. The number of halogens is 1. The summed E-state index contributed by atoms with van der Waals surface area (Å²) in [5.41, 5.74) is 13.8. The number of H-pyrrole nitrogens is 1. The van der Waals surface area contributed by atoms with Crippen molar-refractivity contribution in [3.05, 3.63) is 99.3 Å². The summed E-state index contributed by atoms with van der Waals surface area (Å²) in [5, 5.41) is 0.555. The fourth-order valence-electron chi connectivity index (χ4n) is 5.34. The second-order valence-electron chi connectivity index (χ2n) is 9.59. The first-order valence-electron chi connectivity index (χ1n) is 12.1. The van der Waals surface area contributed by atoms with Crippen molar-refractivity contribution in [3.8, 4) is 45.3 Å². The minimum absolute atomic E-state index is 0.555. The summed E-state index contributed by atoms with van der Waals surface area (Å²) >= 11 is 6.53. The standard InChI is InChI=1S/C31H29ClN4/c1-17-13-19(3)25(20(4)14-17)29-30(26-21(5)15-18(2)16-22(26)6)36-31(35-29)23-9-7-11-33-27(23)28-24(32)10-8-12-34-28/h7-16H,1-6H3,(H,35,36). The second-order valence-corrected chi connectivity index (χ2v) is 10.00. The maximum absolute atomic E-state index is 6.53. The number of hydrogen-bond acceptors (Lipinski definition) is 3. The lowest BCUT2D eigenvalue weighted by atomic mass is 9.91. The lowest BCUT2D eigenvalue weighted by molar-refractivity contribution is 1.22. The van der Waals surface area contributed by atoms with Crippen LogP contribution in [0, 0.1) is 41.5 Å². The average Bonchev–Trinajstić information content (AvgIpc) is 3.22. The molecule has 1 N–H and O–H groups in total. The quantitative estimate of drug-likeness (QED) is 0.274. The van der Waals surface area contributed by atoms with E-state index in [2.05, 4.69) is 80.8 Å². The van der Waals surface area contributed by atoms with Gasteiger partial charge in [-0.15, -0.1) is 0 Å².